The van der Waals surface area contributed by atoms with Gasteiger partial charge in [-0.25, -0.2) is 9.13 Å². The predicted octanol–water partition coefficient (Wildman–Crippen LogP) is 10.4. The van der Waals surface area contributed by atoms with Gasteiger partial charge in [0.25, 0.3) is 0 Å². The lowest BCUT2D eigenvalue weighted by Gasteiger charge is -2.14. The van der Waals surface area contributed by atoms with Crippen LogP contribution in [0.25, 0.3) is 0 Å². The summed E-state index contributed by atoms with van der Waals surface area (Å²) in [4.78, 5) is 10.3. The van der Waals surface area contributed by atoms with Crippen molar-refractivity contribution in [1.82, 2.24) is 4.57 Å². The molecule has 0 fully saturated rings. The molecular weight excluding hydrogens is 504 g/mol. The molecule has 41 heavy (non-hydrogen) atoms. The molecule has 0 saturated heterocycles. The van der Waals surface area contributed by atoms with Gasteiger partial charge in [0, 0.05) is 5.97 Å². The van der Waals surface area contributed by atoms with Crippen LogP contribution in [-0.2, 0) is 17.9 Å². The molecule has 1 rings (SSSR count). The molecule has 1 unspecified atom stereocenters. The Morgan fingerprint density at radius 2 is 1.02 bits per heavy atom. The summed E-state index contributed by atoms with van der Waals surface area (Å²) in [5.74, 6) is -1.11. The van der Waals surface area contributed by atoms with E-state index in [1.807, 2.05) is 6.92 Å². The molecule has 242 valence electrons. The highest BCUT2D eigenvalue weighted by Crippen LogP contribution is 2.14. The Hall–Kier alpha value is -1.32. The molecular formula is C37H72N2O2. The van der Waals surface area contributed by atoms with Crippen molar-refractivity contribution in [3.63, 3.8) is 0 Å². The number of aliphatic carboxylic acids is 1. The minimum Gasteiger partial charge on any atom is -0.550 e. The highest BCUT2D eigenvalue weighted by Gasteiger charge is 2.05. The van der Waals surface area contributed by atoms with Gasteiger partial charge in [0.05, 0.1) is 13.1 Å². The zero-order valence-electron chi connectivity index (χ0n) is 28.3. The third kappa shape index (κ3) is 27.3. The largest absolute Gasteiger partial charge is 0.550 e. The quantitative estimate of drug-likeness (QED) is 0.0703. The molecule has 0 aliphatic rings. The number of hydrogen-bond acceptors (Lipinski definition) is 2. The molecule has 1 atom stereocenters. The van der Waals surface area contributed by atoms with Crippen LogP contribution < -0.4 is 9.67 Å². The van der Waals surface area contributed by atoms with Crippen LogP contribution in [0.1, 0.15) is 195 Å². The Bertz CT molecular complexity index is 657. The van der Waals surface area contributed by atoms with E-state index in [1.165, 1.54) is 154 Å². The average molecular weight is 577 g/mol. The van der Waals surface area contributed by atoms with E-state index in [0.29, 0.717) is 6.42 Å². The maximum absolute atomic E-state index is 10.3. The predicted molar refractivity (Wildman–Crippen MR) is 176 cm³/mol. The summed E-state index contributed by atoms with van der Waals surface area (Å²) in [6, 6.07) is 0. The van der Waals surface area contributed by atoms with E-state index in [4.69, 9.17) is 0 Å². The van der Waals surface area contributed by atoms with Crippen molar-refractivity contribution < 1.29 is 14.5 Å². The first kappa shape index (κ1) is 39.7. The summed E-state index contributed by atoms with van der Waals surface area (Å²) in [5, 5.41) is 10.3. The van der Waals surface area contributed by atoms with Gasteiger partial charge in [-0.2, -0.15) is 0 Å². The van der Waals surface area contributed by atoms with Crippen molar-refractivity contribution in [1.29, 1.82) is 0 Å². The Balaban J connectivity index is 0.00000136. The van der Waals surface area contributed by atoms with Gasteiger partial charge < -0.3 is 9.90 Å². The highest BCUT2D eigenvalue weighted by molar-refractivity contribution is 5.67. The fourth-order valence-corrected chi connectivity index (χ4v) is 5.56. The van der Waals surface area contributed by atoms with Crippen LogP contribution in [0.15, 0.2) is 18.7 Å². The van der Waals surface area contributed by atoms with Crippen molar-refractivity contribution >= 4 is 5.97 Å². The van der Waals surface area contributed by atoms with E-state index < -0.39 is 5.97 Å². The number of carboxylic acids is 1. The van der Waals surface area contributed by atoms with Gasteiger partial charge in [-0.3, -0.25) is 0 Å². The smallest absolute Gasteiger partial charge is 0.243 e. The van der Waals surface area contributed by atoms with Crippen LogP contribution in [0.3, 0.4) is 0 Å². The first-order valence-corrected chi connectivity index (χ1v) is 18.3. The van der Waals surface area contributed by atoms with Gasteiger partial charge in [-0.1, -0.05) is 156 Å². The van der Waals surface area contributed by atoms with E-state index in [9.17, 15) is 9.90 Å². The van der Waals surface area contributed by atoms with Gasteiger partial charge in [0.15, 0.2) is 0 Å². The molecule has 0 bridgehead atoms. The summed E-state index contributed by atoms with van der Waals surface area (Å²) in [6.45, 7) is 10.9. The van der Waals surface area contributed by atoms with E-state index in [2.05, 4.69) is 48.6 Å². The standard InChI is InChI=1S/C29H57N2.C8H16O2/c1-3-5-7-9-11-12-13-14-15-16-17-18-19-20-22-24-26-31-28-27-30(29-31)25-23-21-10-8-6-4-2;1-3-5-6-7(4-2)8(9)10/h27-29H,3-26H2,1-2H3;7H,3-6H2,1-2H3,(H,9,10)/q+1;/p-1. The monoisotopic (exact) mass is 577 g/mol. The highest BCUT2D eigenvalue weighted by atomic mass is 16.4. The Morgan fingerprint density at radius 1 is 0.610 bits per heavy atom. The van der Waals surface area contributed by atoms with Crippen LogP contribution in [0, 0.1) is 5.92 Å². The molecule has 0 aliphatic heterocycles. The van der Waals surface area contributed by atoms with E-state index in [1.54, 1.807) is 0 Å². The van der Waals surface area contributed by atoms with Crippen LogP contribution in [-0.4, -0.2) is 10.5 Å². The number of aromatic nitrogens is 2. The first-order valence-electron chi connectivity index (χ1n) is 18.3. The van der Waals surface area contributed by atoms with Crippen molar-refractivity contribution in [3.05, 3.63) is 18.7 Å². The molecule has 0 saturated carbocycles. The summed E-state index contributed by atoms with van der Waals surface area (Å²) >= 11 is 0. The van der Waals surface area contributed by atoms with E-state index >= 15 is 0 Å². The number of unbranched alkanes of at least 4 members (excludes halogenated alkanes) is 21. The van der Waals surface area contributed by atoms with Crippen molar-refractivity contribution in [2.45, 2.75) is 208 Å². The van der Waals surface area contributed by atoms with Crippen LogP contribution in [0.2, 0.25) is 0 Å². The second kappa shape index (κ2) is 31.6. The Kier molecular flexibility index (Phi) is 30.6. The average Bonchev–Trinajstić information content (AvgIpc) is 3.43. The van der Waals surface area contributed by atoms with Crippen molar-refractivity contribution in [2.75, 3.05) is 0 Å². The zero-order valence-corrected chi connectivity index (χ0v) is 28.3. The number of aryl methyl sites for hydroxylation is 2. The second-order valence-corrected chi connectivity index (χ2v) is 12.5. The van der Waals surface area contributed by atoms with Crippen LogP contribution in [0.5, 0.6) is 0 Å². The van der Waals surface area contributed by atoms with Gasteiger partial charge in [-0.05, 0) is 44.4 Å². The number of imidazole rings is 1. The van der Waals surface area contributed by atoms with Crippen LogP contribution in [0.4, 0.5) is 0 Å². The number of carboxylic acid groups (broad SMARTS) is 1. The molecule has 0 spiro atoms. The molecule has 4 heteroatoms. The maximum atomic E-state index is 10.3. The Morgan fingerprint density at radius 3 is 1.44 bits per heavy atom. The number of carbonyl (C=O) groups is 1. The SMILES string of the molecule is CCCCC(CC)C(=O)[O-].CCCCCCCCCCCCCCCCCC[n+]1ccn(CCCCCCCC)c1. The lowest BCUT2D eigenvalue weighted by atomic mass is 10.00. The molecule has 0 aromatic carbocycles. The van der Waals surface area contributed by atoms with Crippen molar-refractivity contribution in [2.24, 2.45) is 5.92 Å². The lowest BCUT2D eigenvalue weighted by Crippen LogP contribution is -2.30. The maximum Gasteiger partial charge on any atom is 0.243 e. The lowest BCUT2D eigenvalue weighted by molar-refractivity contribution is -0.696. The fraction of sp³-hybridized carbons (Fsp3) is 0.892. The number of nitrogens with zero attached hydrogens (tertiary/aromatic N) is 2. The normalized spacial score (nSPS) is 11.8. The van der Waals surface area contributed by atoms with Gasteiger partial charge in [-0.15, -0.1) is 0 Å². The molecule has 4 nitrogen and oxygen atoms in total. The zero-order chi connectivity index (χ0) is 30.2. The minimum atomic E-state index is -0.893. The van der Waals surface area contributed by atoms with E-state index in [0.717, 1.165) is 19.3 Å². The summed E-state index contributed by atoms with van der Waals surface area (Å²) in [7, 11) is 0. The third-order valence-corrected chi connectivity index (χ3v) is 8.52. The van der Waals surface area contributed by atoms with Crippen LogP contribution >= 0.6 is 0 Å². The van der Waals surface area contributed by atoms with Gasteiger partial charge >= 0.3 is 0 Å². The summed E-state index contributed by atoms with van der Waals surface area (Å²) in [5.41, 5.74) is 0. The molecule has 0 radical (unpaired) electrons. The molecule has 0 N–H and O–H groups in total. The van der Waals surface area contributed by atoms with Gasteiger partial charge in [0.1, 0.15) is 12.4 Å². The first-order chi connectivity index (χ1) is 20.1. The number of hydrogen-bond donors (Lipinski definition) is 0. The second-order valence-electron chi connectivity index (χ2n) is 12.5. The fourth-order valence-electron chi connectivity index (χ4n) is 5.56. The third-order valence-electron chi connectivity index (χ3n) is 8.52. The molecule has 1 heterocycles. The van der Waals surface area contributed by atoms with E-state index in [-0.39, 0.29) is 5.92 Å². The molecule has 0 amide bonds. The molecule has 0 aliphatic carbocycles. The van der Waals surface area contributed by atoms with Crippen molar-refractivity contribution in [3.8, 4) is 0 Å². The number of carbonyl (C=O) groups excluding carboxylic acids is 1. The molecule has 1 aromatic heterocycles. The molecule has 1 aromatic rings. The number of rotatable bonds is 29. The topological polar surface area (TPSA) is 48.9 Å². The summed E-state index contributed by atoms with van der Waals surface area (Å²) < 4.78 is 4.77. The summed E-state index contributed by atoms with van der Waals surface area (Å²) in [6.07, 6.45) is 41.8. The minimum absolute atomic E-state index is 0.222. The Labute approximate surface area is 257 Å². The van der Waals surface area contributed by atoms with Gasteiger partial charge in [0.2, 0.25) is 6.33 Å².